The SMILES string of the molecule is CC1CC(C(=O)Nc2cccc(CC(=O)O)c2)NN1. The van der Waals surface area contributed by atoms with Gasteiger partial charge in [-0.05, 0) is 31.0 Å². The van der Waals surface area contributed by atoms with Crippen LogP contribution in [0.1, 0.15) is 18.9 Å². The van der Waals surface area contributed by atoms with Crippen molar-refractivity contribution in [3.8, 4) is 0 Å². The van der Waals surface area contributed by atoms with Gasteiger partial charge in [-0.1, -0.05) is 12.1 Å². The van der Waals surface area contributed by atoms with Crippen LogP contribution in [-0.4, -0.2) is 29.1 Å². The third kappa shape index (κ3) is 3.77. The van der Waals surface area contributed by atoms with E-state index in [1.165, 1.54) is 0 Å². The number of carbonyl (C=O) groups excluding carboxylic acids is 1. The highest BCUT2D eigenvalue weighted by atomic mass is 16.4. The summed E-state index contributed by atoms with van der Waals surface area (Å²) in [5, 5.41) is 11.5. The smallest absolute Gasteiger partial charge is 0.307 e. The highest BCUT2D eigenvalue weighted by Gasteiger charge is 2.26. The summed E-state index contributed by atoms with van der Waals surface area (Å²) in [5.74, 6) is -1.01. The zero-order valence-corrected chi connectivity index (χ0v) is 10.6. The van der Waals surface area contributed by atoms with E-state index in [0.717, 1.165) is 6.42 Å². The Labute approximate surface area is 111 Å². The highest BCUT2D eigenvalue weighted by Crippen LogP contribution is 2.13. The lowest BCUT2D eigenvalue weighted by molar-refractivity contribution is -0.136. The van der Waals surface area contributed by atoms with Gasteiger partial charge in [0.25, 0.3) is 0 Å². The molecule has 102 valence electrons. The van der Waals surface area contributed by atoms with Gasteiger partial charge in [0.15, 0.2) is 0 Å². The van der Waals surface area contributed by atoms with Gasteiger partial charge in [-0.2, -0.15) is 0 Å². The van der Waals surface area contributed by atoms with E-state index >= 15 is 0 Å². The number of hydrazine groups is 1. The van der Waals surface area contributed by atoms with Gasteiger partial charge in [0.1, 0.15) is 6.04 Å². The van der Waals surface area contributed by atoms with Crippen LogP contribution in [0.3, 0.4) is 0 Å². The first-order valence-electron chi connectivity index (χ1n) is 6.17. The second-order valence-electron chi connectivity index (χ2n) is 4.74. The lowest BCUT2D eigenvalue weighted by Crippen LogP contribution is -2.39. The highest BCUT2D eigenvalue weighted by molar-refractivity contribution is 5.95. The van der Waals surface area contributed by atoms with Gasteiger partial charge >= 0.3 is 5.97 Å². The number of carboxylic acid groups (broad SMARTS) is 1. The van der Waals surface area contributed by atoms with Crippen LogP contribution in [0.15, 0.2) is 24.3 Å². The molecule has 1 aliphatic heterocycles. The van der Waals surface area contributed by atoms with E-state index in [-0.39, 0.29) is 24.4 Å². The minimum Gasteiger partial charge on any atom is -0.481 e. The molecule has 6 heteroatoms. The molecule has 1 aromatic carbocycles. The van der Waals surface area contributed by atoms with Crippen LogP contribution in [0.25, 0.3) is 0 Å². The number of hydrogen-bond donors (Lipinski definition) is 4. The molecular formula is C13H17N3O3. The Morgan fingerprint density at radius 2 is 2.21 bits per heavy atom. The maximum atomic E-state index is 12.0. The molecule has 2 unspecified atom stereocenters. The number of rotatable bonds is 4. The molecule has 1 aromatic rings. The van der Waals surface area contributed by atoms with E-state index in [9.17, 15) is 9.59 Å². The number of amides is 1. The van der Waals surface area contributed by atoms with E-state index in [2.05, 4.69) is 16.2 Å². The maximum absolute atomic E-state index is 12.0. The largest absolute Gasteiger partial charge is 0.481 e. The van der Waals surface area contributed by atoms with Crippen LogP contribution < -0.4 is 16.2 Å². The molecule has 0 aromatic heterocycles. The Morgan fingerprint density at radius 1 is 1.42 bits per heavy atom. The summed E-state index contributed by atoms with van der Waals surface area (Å²) in [6.07, 6.45) is 0.671. The number of anilines is 1. The Hall–Kier alpha value is -1.92. The molecule has 0 saturated carbocycles. The van der Waals surface area contributed by atoms with Gasteiger partial charge in [0.2, 0.25) is 5.91 Å². The van der Waals surface area contributed by atoms with Crippen molar-refractivity contribution in [2.75, 3.05) is 5.32 Å². The lowest BCUT2D eigenvalue weighted by Gasteiger charge is -2.11. The van der Waals surface area contributed by atoms with Crippen molar-refractivity contribution in [1.82, 2.24) is 10.9 Å². The molecule has 0 radical (unpaired) electrons. The molecule has 0 bridgehead atoms. The lowest BCUT2D eigenvalue weighted by atomic mass is 10.1. The molecule has 1 fully saturated rings. The topological polar surface area (TPSA) is 90.5 Å². The molecule has 2 atom stereocenters. The third-order valence-corrected chi connectivity index (χ3v) is 2.96. The van der Waals surface area contributed by atoms with E-state index in [1.54, 1.807) is 24.3 Å². The van der Waals surface area contributed by atoms with Crippen molar-refractivity contribution >= 4 is 17.6 Å². The van der Waals surface area contributed by atoms with E-state index in [4.69, 9.17) is 5.11 Å². The number of benzene rings is 1. The normalized spacial score (nSPS) is 22.2. The van der Waals surface area contributed by atoms with Gasteiger partial charge in [-0.3, -0.25) is 15.0 Å². The molecule has 0 spiro atoms. The Morgan fingerprint density at radius 3 is 2.84 bits per heavy atom. The summed E-state index contributed by atoms with van der Waals surface area (Å²) < 4.78 is 0. The molecule has 6 nitrogen and oxygen atoms in total. The summed E-state index contributed by atoms with van der Waals surface area (Å²) >= 11 is 0. The van der Waals surface area contributed by atoms with Crippen LogP contribution >= 0.6 is 0 Å². The van der Waals surface area contributed by atoms with Crippen LogP contribution in [0.5, 0.6) is 0 Å². The molecule has 1 heterocycles. The van der Waals surface area contributed by atoms with Gasteiger partial charge in [-0.15, -0.1) is 0 Å². The number of nitrogens with one attached hydrogen (secondary N) is 3. The predicted octanol–water partition coefficient (Wildman–Crippen LogP) is 0.507. The molecular weight excluding hydrogens is 246 g/mol. The van der Waals surface area contributed by atoms with Crippen LogP contribution in [0.4, 0.5) is 5.69 Å². The minimum atomic E-state index is -0.890. The Bertz CT molecular complexity index is 490. The van der Waals surface area contributed by atoms with Crippen molar-refractivity contribution < 1.29 is 14.7 Å². The summed E-state index contributed by atoms with van der Waals surface area (Å²) in [5.41, 5.74) is 7.18. The molecule has 1 aliphatic rings. The van der Waals surface area contributed by atoms with Gasteiger partial charge < -0.3 is 10.4 Å². The van der Waals surface area contributed by atoms with Crippen molar-refractivity contribution in [2.24, 2.45) is 0 Å². The second kappa shape index (κ2) is 5.81. The quantitative estimate of drug-likeness (QED) is 0.635. The molecule has 1 saturated heterocycles. The number of carbonyl (C=O) groups is 2. The van der Waals surface area contributed by atoms with Crippen LogP contribution in [0.2, 0.25) is 0 Å². The van der Waals surface area contributed by atoms with Gasteiger partial charge in [-0.25, -0.2) is 5.43 Å². The fourth-order valence-corrected chi connectivity index (χ4v) is 2.05. The molecule has 4 N–H and O–H groups in total. The molecule has 19 heavy (non-hydrogen) atoms. The standard InChI is InChI=1S/C13H17N3O3/c1-8-5-11(16-15-8)13(19)14-10-4-2-3-9(6-10)7-12(17)18/h2-4,6,8,11,15-16H,5,7H2,1H3,(H,14,19)(H,17,18). The van der Waals surface area contributed by atoms with Crippen LogP contribution in [-0.2, 0) is 16.0 Å². The van der Waals surface area contributed by atoms with Crippen molar-refractivity contribution in [2.45, 2.75) is 31.8 Å². The minimum absolute atomic E-state index is 0.0516. The molecule has 1 amide bonds. The van der Waals surface area contributed by atoms with Crippen molar-refractivity contribution in [3.05, 3.63) is 29.8 Å². The van der Waals surface area contributed by atoms with E-state index in [0.29, 0.717) is 11.3 Å². The Balaban J connectivity index is 1.98. The maximum Gasteiger partial charge on any atom is 0.307 e. The third-order valence-electron chi connectivity index (χ3n) is 2.96. The Kier molecular flexibility index (Phi) is 4.13. The monoisotopic (exact) mass is 263 g/mol. The zero-order chi connectivity index (χ0) is 13.8. The van der Waals surface area contributed by atoms with E-state index < -0.39 is 5.97 Å². The average Bonchev–Trinajstić information content (AvgIpc) is 2.75. The summed E-state index contributed by atoms with van der Waals surface area (Å²) in [7, 11) is 0. The summed E-state index contributed by atoms with van der Waals surface area (Å²) in [4.78, 5) is 22.6. The van der Waals surface area contributed by atoms with E-state index in [1.807, 2.05) is 6.92 Å². The number of aliphatic carboxylic acids is 1. The molecule has 2 rings (SSSR count). The van der Waals surface area contributed by atoms with Gasteiger partial charge in [0, 0.05) is 11.7 Å². The molecule has 0 aliphatic carbocycles. The zero-order valence-electron chi connectivity index (χ0n) is 10.6. The van der Waals surface area contributed by atoms with Crippen LogP contribution in [0, 0.1) is 0 Å². The van der Waals surface area contributed by atoms with Gasteiger partial charge in [0.05, 0.1) is 6.42 Å². The second-order valence-corrected chi connectivity index (χ2v) is 4.74. The first-order valence-corrected chi connectivity index (χ1v) is 6.17. The first-order chi connectivity index (χ1) is 9.04. The van der Waals surface area contributed by atoms with Crippen molar-refractivity contribution in [3.63, 3.8) is 0 Å². The average molecular weight is 263 g/mol. The number of carboxylic acids is 1. The number of hydrogen-bond acceptors (Lipinski definition) is 4. The summed E-state index contributed by atoms with van der Waals surface area (Å²) in [6.45, 7) is 1.99. The fraction of sp³-hybridized carbons (Fsp3) is 0.385. The first kappa shape index (κ1) is 13.5. The summed E-state index contributed by atoms with van der Waals surface area (Å²) in [6, 6.07) is 6.87. The van der Waals surface area contributed by atoms with Crippen molar-refractivity contribution in [1.29, 1.82) is 0 Å². The fourth-order valence-electron chi connectivity index (χ4n) is 2.05. The predicted molar refractivity (Wildman–Crippen MR) is 70.5 cm³/mol.